The molecule has 1 saturated carbocycles. The van der Waals surface area contributed by atoms with Crippen molar-refractivity contribution in [2.24, 2.45) is 5.92 Å². The van der Waals surface area contributed by atoms with Gasteiger partial charge in [-0.15, -0.1) is 0 Å². The lowest BCUT2D eigenvalue weighted by Gasteiger charge is -2.32. The number of ketones is 1. The third-order valence-corrected chi connectivity index (χ3v) is 5.38. The number of carbonyl (C=O) groups is 1. The van der Waals surface area contributed by atoms with Crippen molar-refractivity contribution >= 4 is 5.78 Å². The molecule has 0 radical (unpaired) electrons. The van der Waals surface area contributed by atoms with E-state index in [2.05, 4.69) is 9.80 Å². The highest BCUT2D eigenvalue weighted by atomic mass is 16.1. The molecule has 0 bridgehead atoms. The summed E-state index contributed by atoms with van der Waals surface area (Å²) in [5.41, 5.74) is 0. The summed E-state index contributed by atoms with van der Waals surface area (Å²) in [6, 6.07) is 0.583. The van der Waals surface area contributed by atoms with E-state index in [1.165, 1.54) is 64.8 Å². The molecule has 3 aliphatic rings. The molecule has 3 rings (SSSR count). The van der Waals surface area contributed by atoms with E-state index in [0.29, 0.717) is 17.7 Å². The Labute approximate surface area is 117 Å². The van der Waals surface area contributed by atoms with Crippen molar-refractivity contribution in [3.8, 4) is 0 Å². The second-order valence-electron chi connectivity index (χ2n) is 6.61. The number of piperidine rings is 1. The molecule has 2 heterocycles. The predicted octanol–water partition coefficient (Wildman–Crippen LogP) is 2.31. The van der Waals surface area contributed by atoms with E-state index in [1.807, 2.05) is 0 Å². The van der Waals surface area contributed by atoms with Crippen molar-refractivity contribution in [1.82, 2.24) is 9.80 Å². The molecule has 1 aliphatic carbocycles. The minimum absolute atomic E-state index is 0.379. The molecule has 0 aromatic rings. The van der Waals surface area contributed by atoms with Crippen molar-refractivity contribution in [2.75, 3.05) is 32.7 Å². The molecule has 2 unspecified atom stereocenters. The average Bonchev–Trinajstić information content (AvgIpc) is 3.05. The van der Waals surface area contributed by atoms with Crippen LogP contribution in [0.2, 0.25) is 0 Å². The molecular formula is C16H28N2O. The first-order valence-electron chi connectivity index (χ1n) is 8.34. The summed E-state index contributed by atoms with van der Waals surface area (Å²) in [5, 5.41) is 0. The second kappa shape index (κ2) is 6.36. The molecular weight excluding hydrogens is 236 g/mol. The summed E-state index contributed by atoms with van der Waals surface area (Å²) in [4.78, 5) is 17.2. The van der Waals surface area contributed by atoms with E-state index in [1.54, 1.807) is 0 Å². The molecule has 3 heteroatoms. The highest BCUT2D eigenvalue weighted by Crippen LogP contribution is 2.33. The number of rotatable bonds is 4. The number of likely N-dealkylation sites (tertiary alicyclic amines) is 2. The Bertz CT molecular complexity index is 312. The van der Waals surface area contributed by atoms with Gasteiger partial charge in [0.25, 0.3) is 0 Å². The van der Waals surface area contributed by atoms with Crippen LogP contribution in [0.25, 0.3) is 0 Å². The van der Waals surface area contributed by atoms with Crippen LogP contribution in [-0.2, 0) is 4.79 Å². The first-order valence-corrected chi connectivity index (χ1v) is 8.34. The van der Waals surface area contributed by atoms with Gasteiger partial charge in [-0.05, 0) is 58.2 Å². The summed E-state index contributed by atoms with van der Waals surface area (Å²) >= 11 is 0. The lowest BCUT2D eigenvalue weighted by molar-refractivity contribution is -0.122. The summed E-state index contributed by atoms with van der Waals surface area (Å²) in [6.07, 6.45) is 9.88. The Morgan fingerprint density at radius 2 is 1.74 bits per heavy atom. The summed E-state index contributed by atoms with van der Waals surface area (Å²) in [7, 11) is 0. The topological polar surface area (TPSA) is 23.6 Å². The maximum atomic E-state index is 12.0. The minimum Gasteiger partial charge on any atom is -0.302 e. The summed E-state index contributed by atoms with van der Waals surface area (Å²) < 4.78 is 0. The van der Waals surface area contributed by atoms with Gasteiger partial charge >= 0.3 is 0 Å². The average molecular weight is 264 g/mol. The third kappa shape index (κ3) is 3.19. The number of hydrogen-bond donors (Lipinski definition) is 0. The van der Waals surface area contributed by atoms with Crippen molar-refractivity contribution < 1.29 is 4.79 Å². The zero-order valence-corrected chi connectivity index (χ0v) is 12.1. The number of Topliss-reactive ketones (excluding diaryl/α,β-unsaturated/α-hetero) is 1. The van der Waals surface area contributed by atoms with E-state index in [9.17, 15) is 4.79 Å². The first kappa shape index (κ1) is 13.6. The molecule has 0 amide bonds. The zero-order valence-electron chi connectivity index (χ0n) is 12.1. The maximum absolute atomic E-state index is 12.0. The Morgan fingerprint density at radius 3 is 2.47 bits per heavy atom. The minimum atomic E-state index is 0.379. The number of hydrogen-bond acceptors (Lipinski definition) is 3. The van der Waals surface area contributed by atoms with E-state index >= 15 is 0 Å². The van der Waals surface area contributed by atoms with Crippen LogP contribution >= 0.6 is 0 Å². The highest BCUT2D eigenvalue weighted by Gasteiger charge is 2.37. The second-order valence-corrected chi connectivity index (χ2v) is 6.61. The van der Waals surface area contributed by atoms with Gasteiger partial charge in [0.05, 0.1) is 0 Å². The first-order chi connectivity index (χ1) is 9.34. The van der Waals surface area contributed by atoms with Crippen LogP contribution in [0.5, 0.6) is 0 Å². The quantitative estimate of drug-likeness (QED) is 0.778. The monoisotopic (exact) mass is 264 g/mol. The van der Waals surface area contributed by atoms with Crippen LogP contribution in [-0.4, -0.2) is 54.3 Å². The molecule has 2 aliphatic heterocycles. The summed E-state index contributed by atoms with van der Waals surface area (Å²) in [5.74, 6) is 0.929. The van der Waals surface area contributed by atoms with Crippen molar-refractivity contribution in [3.05, 3.63) is 0 Å². The van der Waals surface area contributed by atoms with Crippen LogP contribution < -0.4 is 0 Å². The molecule has 2 atom stereocenters. The normalized spacial score (nSPS) is 34.2. The van der Waals surface area contributed by atoms with Gasteiger partial charge < -0.3 is 4.90 Å². The molecule has 108 valence electrons. The van der Waals surface area contributed by atoms with E-state index < -0.39 is 0 Å². The van der Waals surface area contributed by atoms with Crippen LogP contribution in [0.15, 0.2) is 0 Å². The van der Waals surface area contributed by atoms with E-state index in [4.69, 9.17) is 0 Å². The molecule has 3 nitrogen and oxygen atoms in total. The summed E-state index contributed by atoms with van der Waals surface area (Å²) in [6.45, 7) is 6.22. The van der Waals surface area contributed by atoms with Gasteiger partial charge in [-0.25, -0.2) is 0 Å². The van der Waals surface area contributed by atoms with Crippen LogP contribution in [0.4, 0.5) is 0 Å². The maximum Gasteiger partial charge on any atom is 0.137 e. The lowest BCUT2D eigenvalue weighted by Crippen LogP contribution is -2.43. The molecule has 0 N–H and O–H groups in total. The standard InChI is InChI=1S/C16H28N2O/c19-16-8-4-6-14(16)15-7-5-11-18(15)13-12-17-9-2-1-3-10-17/h14-15H,1-13H2. The Balaban J connectivity index is 1.50. The molecule has 0 aromatic carbocycles. The fraction of sp³-hybridized carbons (Fsp3) is 0.938. The molecule has 0 spiro atoms. The Hall–Kier alpha value is -0.410. The van der Waals surface area contributed by atoms with Gasteiger partial charge in [0.2, 0.25) is 0 Å². The predicted molar refractivity (Wildman–Crippen MR) is 77.2 cm³/mol. The SMILES string of the molecule is O=C1CCCC1C1CCCN1CCN1CCCCC1. The van der Waals surface area contributed by atoms with Crippen LogP contribution in [0.3, 0.4) is 0 Å². The molecule has 3 fully saturated rings. The van der Waals surface area contributed by atoms with Gasteiger partial charge in [0, 0.05) is 31.5 Å². The molecule has 0 aromatic heterocycles. The van der Waals surface area contributed by atoms with Gasteiger partial charge in [0.15, 0.2) is 0 Å². The lowest BCUT2D eigenvalue weighted by atomic mass is 9.95. The number of nitrogens with zero attached hydrogens (tertiary/aromatic N) is 2. The van der Waals surface area contributed by atoms with Crippen molar-refractivity contribution in [1.29, 1.82) is 0 Å². The zero-order chi connectivity index (χ0) is 13.1. The van der Waals surface area contributed by atoms with E-state index in [0.717, 1.165) is 19.3 Å². The Kier molecular flexibility index (Phi) is 4.54. The van der Waals surface area contributed by atoms with Gasteiger partial charge in [0.1, 0.15) is 5.78 Å². The van der Waals surface area contributed by atoms with Gasteiger partial charge in [-0.2, -0.15) is 0 Å². The fourth-order valence-electron chi connectivity index (χ4n) is 4.29. The van der Waals surface area contributed by atoms with Gasteiger partial charge in [-0.3, -0.25) is 9.69 Å². The molecule has 2 saturated heterocycles. The van der Waals surface area contributed by atoms with Crippen LogP contribution in [0, 0.1) is 5.92 Å². The van der Waals surface area contributed by atoms with Crippen LogP contribution in [0.1, 0.15) is 51.4 Å². The smallest absolute Gasteiger partial charge is 0.137 e. The van der Waals surface area contributed by atoms with Crippen molar-refractivity contribution in [3.63, 3.8) is 0 Å². The highest BCUT2D eigenvalue weighted by molar-refractivity contribution is 5.83. The third-order valence-electron chi connectivity index (χ3n) is 5.38. The number of carbonyl (C=O) groups excluding carboxylic acids is 1. The van der Waals surface area contributed by atoms with E-state index in [-0.39, 0.29) is 0 Å². The Morgan fingerprint density at radius 1 is 0.895 bits per heavy atom. The molecule has 19 heavy (non-hydrogen) atoms. The van der Waals surface area contributed by atoms with Gasteiger partial charge in [-0.1, -0.05) is 6.42 Å². The largest absolute Gasteiger partial charge is 0.302 e. The van der Waals surface area contributed by atoms with Crippen molar-refractivity contribution in [2.45, 2.75) is 57.4 Å². The fourth-order valence-corrected chi connectivity index (χ4v) is 4.29.